The summed E-state index contributed by atoms with van der Waals surface area (Å²) in [5, 5.41) is 2.12. The molecule has 0 aliphatic rings. The second kappa shape index (κ2) is 3.58. The van der Waals surface area contributed by atoms with Gasteiger partial charge >= 0.3 is 0 Å². The Hall–Kier alpha value is -0.755. The fourth-order valence-electron chi connectivity index (χ4n) is 1.03. The van der Waals surface area contributed by atoms with E-state index in [2.05, 4.69) is 32.8 Å². The van der Waals surface area contributed by atoms with E-state index in [1.165, 1.54) is 15.9 Å². The van der Waals surface area contributed by atoms with Crippen LogP contribution in [0.3, 0.4) is 0 Å². The SMILES string of the molecule is B/C(=C/C=C)c1sccc1C. The standard InChI is InChI=1S/C9H11BS/c1-3-4-8(10)9-7(2)5-6-11-9/h3-6H,1,10H2,2H3/b8-4+. The van der Waals surface area contributed by atoms with Crippen LogP contribution in [-0.4, -0.2) is 7.85 Å². The molecule has 0 nitrogen and oxygen atoms in total. The number of allylic oxidation sites excluding steroid dienone is 2. The van der Waals surface area contributed by atoms with Gasteiger partial charge in [-0.2, -0.15) is 0 Å². The van der Waals surface area contributed by atoms with Gasteiger partial charge in [0.05, 0.1) is 0 Å². The summed E-state index contributed by atoms with van der Waals surface area (Å²) in [4.78, 5) is 1.37. The fraction of sp³-hybridized carbons (Fsp3) is 0.111. The molecule has 11 heavy (non-hydrogen) atoms. The molecule has 1 heterocycles. The minimum absolute atomic E-state index is 1.30. The van der Waals surface area contributed by atoms with E-state index in [4.69, 9.17) is 0 Å². The largest absolute Gasteiger partial charge is 0.145 e. The van der Waals surface area contributed by atoms with Gasteiger partial charge in [-0.25, -0.2) is 0 Å². The van der Waals surface area contributed by atoms with Gasteiger partial charge in [0.25, 0.3) is 0 Å². The normalized spacial score (nSPS) is 11.5. The summed E-state index contributed by atoms with van der Waals surface area (Å²) in [6, 6.07) is 2.14. The van der Waals surface area contributed by atoms with Gasteiger partial charge in [-0.15, -0.1) is 11.3 Å². The van der Waals surface area contributed by atoms with Gasteiger partial charge in [-0.3, -0.25) is 0 Å². The highest BCUT2D eigenvalue weighted by atomic mass is 32.1. The van der Waals surface area contributed by atoms with Crippen molar-refractivity contribution in [3.8, 4) is 0 Å². The third-order valence-corrected chi connectivity index (χ3v) is 2.74. The predicted octanol–water partition coefficient (Wildman–Crippen LogP) is 2.22. The lowest BCUT2D eigenvalue weighted by Crippen LogP contribution is -1.79. The maximum atomic E-state index is 3.67. The van der Waals surface area contributed by atoms with E-state index in [0.29, 0.717) is 0 Å². The summed E-state index contributed by atoms with van der Waals surface area (Å²) in [5.41, 5.74) is 2.65. The zero-order valence-corrected chi connectivity index (χ0v) is 7.74. The molecule has 0 aliphatic heterocycles. The maximum Gasteiger partial charge on any atom is 0.141 e. The van der Waals surface area contributed by atoms with Crippen molar-refractivity contribution in [3.05, 3.63) is 40.6 Å². The Labute approximate surface area is 72.7 Å². The molecule has 0 bridgehead atoms. The summed E-state index contributed by atoms with van der Waals surface area (Å²) in [6.07, 6.45) is 3.87. The van der Waals surface area contributed by atoms with Gasteiger partial charge in [0.15, 0.2) is 0 Å². The molecule has 0 fully saturated rings. The highest BCUT2D eigenvalue weighted by molar-refractivity contribution is 7.12. The minimum Gasteiger partial charge on any atom is -0.145 e. The molecule has 0 amide bonds. The highest BCUT2D eigenvalue weighted by Crippen LogP contribution is 2.22. The lowest BCUT2D eigenvalue weighted by molar-refractivity contribution is 1.53. The molecule has 1 aromatic rings. The van der Waals surface area contributed by atoms with E-state index in [0.717, 1.165) is 0 Å². The molecule has 0 aromatic carbocycles. The summed E-state index contributed by atoms with van der Waals surface area (Å²) in [7, 11) is 2.11. The topological polar surface area (TPSA) is 0 Å². The zero-order chi connectivity index (χ0) is 8.27. The summed E-state index contributed by atoms with van der Waals surface area (Å²) in [6.45, 7) is 5.80. The highest BCUT2D eigenvalue weighted by Gasteiger charge is 1.99. The molecule has 0 aliphatic carbocycles. The Morgan fingerprint density at radius 2 is 2.45 bits per heavy atom. The molecule has 0 saturated heterocycles. The molecule has 56 valence electrons. The van der Waals surface area contributed by atoms with Gasteiger partial charge in [0.1, 0.15) is 7.85 Å². The number of hydrogen-bond donors (Lipinski definition) is 0. The summed E-state index contributed by atoms with van der Waals surface area (Å²) in [5.74, 6) is 0. The third-order valence-electron chi connectivity index (χ3n) is 1.59. The van der Waals surface area contributed by atoms with Crippen molar-refractivity contribution in [2.75, 3.05) is 0 Å². The van der Waals surface area contributed by atoms with Gasteiger partial charge in [-0.1, -0.05) is 24.2 Å². The smallest absolute Gasteiger partial charge is 0.141 e. The molecular formula is C9H11BS. The van der Waals surface area contributed by atoms with Crippen LogP contribution in [-0.2, 0) is 0 Å². The van der Waals surface area contributed by atoms with Crippen molar-refractivity contribution >= 4 is 24.7 Å². The van der Waals surface area contributed by atoms with Crippen LogP contribution in [0.15, 0.2) is 30.2 Å². The molecular weight excluding hydrogens is 151 g/mol. The number of thiophene rings is 1. The minimum atomic E-state index is 1.30. The Morgan fingerprint density at radius 3 is 2.91 bits per heavy atom. The first-order valence-corrected chi connectivity index (χ1v) is 4.47. The lowest BCUT2D eigenvalue weighted by atomic mass is 9.92. The first-order chi connectivity index (χ1) is 5.25. The van der Waals surface area contributed by atoms with E-state index >= 15 is 0 Å². The number of aryl methyl sites for hydroxylation is 1. The number of hydrogen-bond acceptors (Lipinski definition) is 1. The molecule has 0 saturated carbocycles. The first-order valence-electron chi connectivity index (χ1n) is 3.59. The van der Waals surface area contributed by atoms with E-state index in [-0.39, 0.29) is 0 Å². The Morgan fingerprint density at radius 1 is 1.73 bits per heavy atom. The molecule has 2 heteroatoms. The van der Waals surface area contributed by atoms with E-state index in [9.17, 15) is 0 Å². The Balaban J connectivity index is 3.01. The van der Waals surface area contributed by atoms with Crippen molar-refractivity contribution in [3.63, 3.8) is 0 Å². The molecule has 0 radical (unpaired) electrons. The zero-order valence-electron chi connectivity index (χ0n) is 6.92. The Kier molecular flexibility index (Phi) is 2.72. The summed E-state index contributed by atoms with van der Waals surface area (Å²) < 4.78 is 0. The van der Waals surface area contributed by atoms with Crippen molar-refractivity contribution < 1.29 is 0 Å². The van der Waals surface area contributed by atoms with E-state index in [1.807, 2.05) is 12.2 Å². The van der Waals surface area contributed by atoms with Crippen LogP contribution in [0.1, 0.15) is 10.4 Å². The van der Waals surface area contributed by atoms with Gasteiger partial charge in [0, 0.05) is 4.88 Å². The average molecular weight is 162 g/mol. The molecule has 0 unspecified atom stereocenters. The first kappa shape index (κ1) is 8.34. The van der Waals surface area contributed by atoms with Crippen LogP contribution >= 0.6 is 11.3 Å². The molecule has 1 rings (SSSR count). The molecule has 0 atom stereocenters. The van der Waals surface area contributed by atoms with Gasteiger partial charge in [0.2, 0.25) is 0 Å². The van der Waals surface area contributed by atoms with Crippen molar-refractivity contribution in [2.45, 2.75) is 6.92 Å². The Bertz CT molecular complexity index is 284. The van der Waals surface area contributed by atoms with Crippen LogP contribution in [0.5, 0.6) is 0 Å². The van der Waals surface area contributed by atoms with Crippen molar-refractivity contribution in [1.82, 2.24) is 0 Å². The van der Waals surface area contributed by atoms with Crippen molar-refractivity contribution in [1.29, 1.82) is 0 Å². The maximum absolute atomic E-state index is 3.67. The summed E-state index contributed by atoms with van der Waals surface area (Å²) >= 11 is 1.78. The van der Waals surface area contributed by atoms with Crippen LogP contribution in [0.4, 0.5) is 0 Å². The average Bonchev–Trinajstić information content (AvgIpc) is 2.36. The number of rotatable bonds is 2. The fourth-order valence-corrected chi connectivity index (χ4v) is 1.95. The third kappa shape index (κ3) is 1.84. The molecule has 0 spiro atoms. The van der Waals surface area contributed by atoms with Crippen LogP contribution < -0.4 is 0 Å². The quantitative estimate of drug-likeness (QED) is 0.462. The van der Waals surface area contributed by atoms with Crippen LogP contribution in [0.2, 0.25) is 0 Å². The van der Waals surface area contributed by atoms with E-state index in [1.54, 1.807) is 11.3 Å². The monoisotopic (exact) mass is 162 g/mol. The van der Waals surface area contributed by atoms with Crippen LogP contribution in [0.25, 0.3) is 5.47 Å². The van der Waals surface area contributed by atoms with E-state index < -0.39 is 0 Å². The van der Waals surface area contributed by atoms with Gasteiger partial charge < -0.3 is 0 Å². The molecule has 0 N–H and O–H groups in total. The van der Waals surface area contributed by atoms with Crippen molar-refractivity contribution in [2.24, 2.45) is 0 Å². The molecule has 1 aromatic heterocycles. The van der Waals surface area contributed by atoms with Crippen LogP contribution in [0, 0.1) is 6.92 Å². The second-order valence-corrected chi connectivity index (χ2v) is 3.43. The lowest BCUT2D eigenvalue weighted by Gasteiger charge is -1.96. The van der Waals surface area contributed by atoms with Gasteiger partial charge in [-0.05, 0) is 23.9 Å². The second-order valence-electron chi connectivity index (χ2n) is 2.52. The predicted molar refractivity (Wildman–Crippen MR) is 55.8 cm³/mol.